The highest BCUT2D eigenvalue weighted by Crippen LogP contribution is 2.32. The second-order valence-electron chi connectivity index (χ2n) is 4.94. The van der Waals surface area contributed by atoms with E-state index in [-0.39, 0.29) is 11.0 Å². The van der Waals surface area contributed by atoms with E-state index in [1.54, 1.807) is 12.1 Å². The molecule has 3 heteroatoms. The highest BCUT2D eigenvalue weighted by atomic mass is 19.2. The second-order valence-corrected chi connectivity index (χ2v) is 4.94. The Labute approximate surface area is 89.3 Å². The zero-order valence-corrected chi connectivity index (χ0v) is 9.57. The first-order valence-corrected chi connectivity index (χ1v) is 4.95. The summed E-state index contributed by atoms with van der Waals surface area (Å²) in [6, 6.07) is 2.61. The number of rotatable bonds is 1. The Bertz CT molecular complexity index is 367. The normalized spacial score (nSPS) is 14.1. The van der Waals surface area contributed by atoms with Gasteiger partial charge in [0.25, 0.3) is 0 Å². The van der Waals surface area contributed by atoms with Crippen LogP contribution in [0.25, 0.3) is 0 Å². The predicted molar refractivity (Wildman–Crippen MR) is 57.5 cm³/mol. The summed E-state index contributed by atoms with van der Waals surface area (Å²) in [5.74, 6) is -1.62. The highest BCUT2D eigenvalue weighted by Gasteiger charge is 2.26. The van der Waals surface area contributed by atoms with Gasteiger partial charge < -0.3 is 5.73 Å². The fraction of sp³-hybridized carbons (Fsp3) is 0.500. The number of hydrogen-bond donors (Lipinski definition) is 1. The van der Waals surface area contributed by atoms with E-state index in [9.17, 15) is 8.78 Å². The molecule has 0 heterocycles. The summed E-state index contributed by atoms with van der Waals surface area (Å²) < 4.78 is 26.9. The quantitative estimate of drug-likeness (QED) is 0.760. The van der Waals surface area contributed by atoms with E-state index >= 15 is 0 Å². The molecule has 0 radical (unpaired) electrons. The molecule has 0 fully saturated rings. The van der Waals surface area contributed by atoms with Crippen molar-refractivity contribution < 1.29 is 8.78 Å². The average Bonchev–Trinajstić information content (AvgIpc) is 2.12. The largest absolute Gasteiger partial charge is 0.323 e. The molecule has 1 atom stereocenters. The van der Waals surface area contributed by atoms with Gasteiger partial charge in [0, 0.05) is 11.6 Å². The fourth-order valence-corrected chi connectivity index (χ4v) is 1.37. The Morgan fingerprint density at radius 3 is 2.13 bits per heavy atom. The Balaban J connectivity index is 3.23. The molecule has 1 rings (SSSR count). The van der Waals surface area contributed by atoms with E-state index in [2.05, 4.69) is 0 Å². The van der Waals surface area contributed by atoms with Gasteiger partial charge in [0.2, 0.25) is 0 Å². The molecule has 15 heavy (non-hydrogen) atoms. The van der Waals surface area contributed by atoms with Crippen molar-refractivity contribution in [2.24, 2.45) is 11.1 Å². The third-order valence-electron chi connectivity index (χ3n) is 2.57. The van der Waals surface area contributed by atoms with Crippen molar-refractivity contribution in [3.05, 3.63) is 34.9 Å². The summed E-state index contributed by atoms with van der Waals surface area (Å²) in [4.78, 5) is 0. The Morgan fingerprint density at radius 2 is 1.67 bits per heavy atom. The maximum Gasteiger partial charge on any atom is 0.163 e. The topological polar surface area (TPSA) is 26.0 Å². The minimum atomic E-state index is -0.822. The molecule has 1 unspecified atom stereocenters. The van der Waals surface area contributed by atoms with Gasteiger partial charge >= 0.3 is 0 Å². The van der Waals surface area contributed by atoms with Crippen LogP contribution in [0.5, 0.6) is 0 Å². The van der Waals surface area contributed by atoms with Crippen LogP contribution < -0.4 is 5.73 Å². The Kier molecular flexibility index (Phi) is 3.14. The Hall–Kier alpha value is -0.960. The van der Waals surface area contributed by atoms with Gasteiger partial charge in [-0.2, -0.15) is 0 Å². The van der Waals surface area contributed by atoms with Gasteiger partial charge in [-0.15, -0.1) is 0 Å². The van der Waals surface area contributed by atoms with Crippen molar-refractivity contribution in [2.75, 3.05) is 0 Å². The smallest absolute Gasteiger partial charge is 0.163 e. The van der Waals surface area contributed by atoms with E-state index in [0.29, 0.717) is 5.56 Å². The van der Waals surface area contributed by atoms with Crippen LogP contribution in [0, 0.1) is 24.0 Å². The molecule has 0 amide bonds. The van der Waals surface area contributed by atoms with Crippen LogP contribution in [0.1, 0.15) is 37.9 Å². The molecule has 0 aromatic heterocycles. The summed E-state index contributed by atoms with van der Waals surface area (Å²) >= 11 is 0. The molecule has 0 aliphatic carbocycles. The van der Waals surface area contributed by atoms with Crippen molar-refractivity contribution in [2.45, 2.75) is 33.7 Å². The number of nitrogens with two attached hydrogens (primary N) is 1. The Morgan fingerprint density at radius 1 is 1.13 bits per heavy atom. The van der Waals surface area contributed by atoms with Crippen molar-refractivity contribution in [3.8, 4) is 0 Å². The molecule has 84 valence electrons. The number of aryl methyl sites for hydroxylation is 1. The molecule has 1 nitrogen and oxygen atoms in total. The van der Waals surface area contributed by atoms with Crippen LogP contribution in [-0.2, 0) is 0 Å². The van der Waals surface area contributed by atoms with Crippen LogP contribution in [0.15, 0.2) is 12.1 Å². The van der Waals surface area contributed by atoms with E-state index in [1.807, 2.05) is 20.8 Å². The van der Waals surface area contributed by atoms with Gasteiger partial charge in [-0.25, -0.2) is 8.78 Å². The molecule has 2 N–H and O–H groups in total. The van der Waals surface area contributed by atoms with Crippen LogP contribution in [-0.4, -0.2) is 0 Å². The molecule has 0 aliphatic heterocycles. The van der Waals surface area contributed by atoms with Gasteiger partial charge in [0.05, 0.1) is 0 Å². The number of halogens is 2. The lowest BCUT2D eigenvalue weighted by molar-refractivity contribution is 0.315. The van der Waals surface area contributed by atoms with E-state index in [1.165, 1.54) is 6.92 Å². The lowest BCUT2D eigenvalue weighted by Gasteiger charge is -2.27. The van der Waals surface area contributed by atoms with Crippen LogP contribution in [0.4, 0.5) is 8.78 Å². The molecule has 1 aromatic rings. The van der Waals surface area contributed by atoms with Gasteiger partial charge in [0.1, 0.15) is 0 Å². The summed E-state index contributed by atoms with van der Waals surface area (Å²) in [7, 11) is 0. The average molecular weight is 213 g/mol. The zero-order chi connectivity index (χ0) is 11.8. The van der Waals surface area contributed by atoms with Crippen molar-refractivity contribution >= 4 is 0 Å². The van der Waals surface area contributed by atoms with Gasteiger partial charge in [-0.3, -0.25) is 0 Å². The van der Waals surface area contributed by atoms with Crippen molar-refractivity contribution in [1.29, 1.82) is 0 Å². The first-order chi connectivity index (χ1) is 6.75. The predicted octanol–water partition coefficient (Wildman–Crippen LogP) is 3.32. The standard InChI is InChI=1S/C12H17F2N/c1-7-5-6-8(10(14)9(7)13)11(15)12(2,3)4/h5-6,11H,15H2,1-4H3. The molecule has 0 saturated heterocycles. The van der Waals surface area contributed by atoms with Gasteiger partial charge in [-0.1, -0.05) is 32.9 Å². The van der Waals surface area contributed by atoms with Crippen LogP contribution in [0.3, 0.4) is 0 Å². The third-order valence-corrected chi connectivity index (χ3v) is 2.57. The monoisotopic (exact) mass is 213 g/mol. The summed E-state index contributed by atoms with van der Waals surface area (Å²) in [6.07, 6.45) is 0. The molecule has 0 bridgehead atoms. The van der Waals surface area contributed by atoms with Gasteiger partial charge in [0.15, 0.2) is 11.6 Å². The lowest BCUT2D eigenvalue weighted by Crippen LogP contribution is -2.27. The zero-order valence-electron chi connectivity index (χ0n) is 9.57. The lowest BCUT2D eigenvalue weighted by atomic mass is 9.82. The molecular formula is C12H17F2N. The molecule has 0 aliphatic rings. The third kappa shape index (κ3) is 2.34. The molecule has 0 saturated carbocycles. The van der Waals surface area contributed by atoms with E-state index in [0.717, 1.165) is 0 Å². The van der Waals surface area contributed by atoms with Gasteiger partial charge in [-0.05, 0) is 17.9 Å². The molecule has 1 aromatic carbocycles. The maximum atomic E-state index is 13.6. The number of hydrogen-bond acceptors (Lipinski definition) is 1. The second kappa shape index (κ2) is 3.89. The minimum absolute atomic E-state index is 0.241. The van der Waals surface area contributed by atoms with Crippen LogP contribution >= 0.6 is 0 Å². The summed E-state index contributed by atoms with van der Waals surface area (Å²) in [5.41, 5.74) is 6.14. The molecule has 0 spiro atoms. The van der Waals surface area contributed by atoms with Crippen molar-refractivity contribution in [1.82, 2.24) is 0 Å². The van der Waals surface area contributed by atoms with E-state index in [4.69, 9.17) is 5.73 Å². The fourth-order valence-electron chi connectivity index (χ4n) is 1.37. The SMILES string of the molecule is Cc1ccc(C(N)C(C)(C)C)c(F)c1F. The summed E-state index contributed by atoms with van der Waals surface area (Å²) in [5, 5.41) is 0. The summed E-state index contributed by atoms with van der Waals surface area (Å²) in [6.45, 7) is 7.23. The van der Waals surface area contributed by atoms with Crippen molar-refractivity contribution in [3.63, 3.8) is 0 Å². The minimum Gasteiger partial charge on any atom is -0.323 e. The maximum absolute atomic E-state index is 13.6. The molecular weight excluding hydrogens is 196 g/mol. The first kappa shape index (κ1) is 12.1. The first-order valence-electron chi connectivity index (χ1n) is 4.95. The van der Waals surface area contributed by atoms with Crippen LogP contribution in [0.2, 0.25) is 0 Å². The van der Waals surface area contributed by atoms with E-state index < -0.39 is 17.7 Å². The highest BCUT2D eigenvalue weighted by molar-refractivity contribution is 5.28. The number of benzene rings is 1.